The number of halogens is 5. The van der Waals surface area contributed by atoms with Gasteiger partial charge in [0.15, 0.2) is 0 Å². The molecule has 0 aliphatic carbocycles. The molecule has 1 aromatic heterocycles. The van der Waals surface area contributed by atoms with Gasteiger partial charge in [-0.25, -0.2) is 4.98 Å². The summed E-state index contributed by atoms with van der Waals surface area (Å²) in [4.78, 5) is 27.7. The number of rotatable bonds is 9. The van der Waals surface area contributed by atoms with Gasteiger partial charge in [-0.1, -0.05) is 77.8 Å². The summed E-state index contributed by atoms with van der Waals surface area (Å²) in [5, 5.41) is 12.0. The highest BCUT2D eigenvalue weighted by atomic mass is 35.5. The van der Waals surface area contributed by atoms with Crippen molar-refractivity contribution in [3.8, 4) is 22.4 Å². The molecule has 2 N–H and O–H groups in total. The lowest BCUT2D eigenvalue weighted by molar-refractivity contribution is -0.137. The lowest BCUT2D eigenvalue weighted by Gasteiger charge is -2.09. The van der Waals surface area contributed by atoms with E-state index >= 15 is 0 Å². The summed E-state index contributed by atoms with van der Waals surface area (Å²) in [7, 11) is 0. The van der Waals surface area contributed by atoms with Crippen LogP contribution in [-0.4, -0.2) is 33.1 Å². The molecule has 5 rings (SSSR count). The van der Waals surface area contributed by atoms with Gasteiger partial charge in [0, 0.05) is 28.9 Å². The van der Waals surface area contributed by atoms with Crippen molar-refractivity contribution in [1.82, 2.24) is 14.9 Å². The Labute approximate surface area is 266 Å². The van der Waals surface area contributed by atoms with Crippen LogP contribution in [0.2, 0.25) is 10.0 Å². The van der Waals surface area contributed by atoms with Crippen LogP contribution in [0.4, 0.5) is 13.2 Å². The number of carboxylic acids is 1. The number of carbonyl (C=O) groups is 2. The fourth-order valence-electron chi connectivity index (χ4n) is 4.57. The monoisotopic (exact) mass is 649 g/mol. The number of benzene rings is 4. The zero-order chi connectivity index (χ0) is 32.1. The summed E-state index contributed by atoms with van der Waals surface area (Å²) < 4.78 is 41.4. The number of aromatic nitrogens is 2. The van der Waals surface area contributed by atoms with Crippen molar-refractivity contribution >= 4 is 47.2 Å². The molecule has 6 nitrogen and oxygen atoms in total. The van der Waals surface area contributed by atoms with Gasteiger partial charge in [0.1, 0.15) is 12.4 Å². The van der Waals surface area contributed by atoms with Crippen molar-refractivity contribution in [1.29, 1.82) is 0 Å². The third-order valence-electron chi connectivity index (χ3n) is 6.84. The van der Waals surface area contributed by atoms with Crippen molar-refractivity contribution in [2.24, 2.45) is 0 Å². The van der Waals surface area contributed by atoms with Crippen LogP contribution >= 0.6 is 23.2 Å². The van der Waals surface area contributed by atoms with Crippen molar-refractivity contribution < 1.29 is 27.9 Å². The number of aliphatic carboxylic acids is 1. The Hall–Kier alpha value is -4.86. The van der Waals surface area contributed by atoms with Gasteiger partial charge in [0.2, 0.25) is 0 Å². The molecule has 11 heteroatoms. The van der Waals surface area contributed by atoms with E-state index in [0.717, 1.165) is 23.3 Å². The van der Waals surface area contributed by atoms with Crippen LogP contribution in [0, 0.1) is 0 Å². The molecule has 1 amide bonds. The number of imidazole rings is 1. The first kappa shape index (κ1) is 31.6. The molecule has 4 aromatic carbocycles. The number of alkyl halides is 3. The second-order valence-electron chi connectivity index (χ2n) is 10.0. The minimum atomic E-state index is -4.42. The van der Waals surface area contributed by atoms with Crippen LogP contribution < -0.4 is 5.32 Å². The number of hydrogen-bond acceptors (Lipinski definition) is 3. The van der Waals surface area contributed by atoms with E-state index in [0.29, 0.717) is 50.4 Å². The Bertz CT molecular complexity index is 1880. The van der Waals surface area contributed by atoms with Crippen LogP contribution in [0.25, 0.3) is 34.5 Å². The molecule has 0 bridgehead atoms. The van der Waals surface area contributed by atoms with E-state index in [1.807, 2.05) is 35.0 Å². The zero-order valence-electron chi connectivity index (χ0n) is 23.4. The predicted octanol–water partition coefficient (Wildman–Crippen LogP) is 8.58. The summed E-state index contributed by atoms with van der Waals surface area (Å²) in [5.74, 6) is -1.03. The van der Waals surface area contributed by atoms with Crippen molar-refractivity contribution in [3.63, 3.8) is 0 Å². The number of carbonyl (C=O) groups excluding carboxylic acids is 1. The molecule has 228 valence electrons. The topological polar surface area (TPSA) is 84.2 Å². The molecular weight excluding hydrogens is 626 g/mol. The summed E-state index contributed by atoms with van der Waals surface area (Å²) in [6.45, 7) is -0.0846. The molecule has 0 radical (unpaired) electrons. The number of nitrogens with zero attached hydrogens (tertiary/aromatic N) is 2. The van der Waals surface area contributed by atoms with Gasteiger partial charge in [0.25, 0.3) is 5.91 Å². The van der Waals surface area contributed by atoms with Gasteiger partial charge < -0.3 is 15.0 Å². The van der Waals surface area contributed by atoms with E-state index in [2.05, 4.69) is 5.32 Å². The Kier molecular flexibility index (Phi) is 9.41. The largest absolute Gasteiger partial charge is 0.480 e. The molecule has 0 atom stereocenters. The molecule has 0 saturated heterocycles. The second-order valence-corrected chi connectivity index (χ2v) is 10.9. The number of carboxylic acid groups (broad SMARTS) is 1. The van der Waals surface area contributed by atoms with Gasteiger partial charge in [-0.15, -0.1) is 0 Å². The molecule has 0 spiro atoms. The van der Waals surface area contributed by atoms with Crippen molar-refractivity contribution in [3.05, 3.63) is 135 Å². The first-order valence-electron chi connectivity index (χ1n) is 13.5. The quantitative estimate of drug-likeness (QED) is 0.167. The Balaban J connectivity index is 1.41. The molecular formula is C34H24Cl2F3N3O3. The highest BCUT2D eigenvalue weighted by molar-refractivity contribution is 6.36. The predicted molar refractivity (Wildman–Crippen MR) is 169 cm³/mol. The molecule has 0 aliphatic rings. The summed E-state index contributed by atoms with van der Waals surface area (Å²) >= 11 is 12.5. The standard InChI is InChI=1S/C34H24Cl2F3N3O3/c35-27-13-14-28(29(36)17-27)30-20-42(19-22-6-11-24(12-7-22)33(45)40-18-32(43)44)31(41-30)15-8-21-4-9-23(10-5-21)25-2-1-3-26(16-25)34(37,38)39/h1-17,20H,18-19H2,(H,40,45)(H,43,44)/b15-8+. The first-order chi connectivity index (χ1) is 21.5. The minimum absolute atomic E-state index is 0.327. The van der Waals surface area contributed by atoms with Crippen LogP contribution in [0.5, 0.6) is 0 Å². The Morgan fingerprint density at radius 2 is 1.62 bits per heavy atom. The first-order valence-corrected chi connectivity index (χ1v) is 14.3. The number of amides is 1. The average molecular weight is 650 g/mol. The Morgan fingerprint density at radius 1 is 0.889 bits per heavy atom. The van der Waals surface area contributed by atoms with E-state index in [1.165, 1.54) is 6.07 Å². The van der Waals surface area contributed by atoms with Crippen molar-refractivity contribution in [2.45, 2.75) is 12.7 Å². The maximum atomic E-state index is 13.2. The van der Waals surface area contributed by atoms with E-state index in [9.17, 15) is 22.8 Å². The average Bonchev–Trinajstić information content (AvgIpc) is 3.41. The van der Waals surface area contributed by atoms with Crippen LogP contribution in [0.3, 0.4) is 0 Å². The molecule has 1 heterocycles. The van der Waals surface area contributed by atoms with E-state index in [-0.39, 0.29) is 0 Å². The van der Waals surface area contributed by atoms with Gasteiger partial charge in [-0.2, -0.15) is 13.2 Å². The third-order valence-corrected chi connectivity index (χ3v) is 7.39. The minimum Gasteiger partial charge on any atom is -0.480 e. The normalized spacial score (nSPS) is 11.6. The van der Waals surface area contributed by atoms with Gasteiger partial charge >= 0.3 is 12.1 Å². The van der Waals surface area contributed by atoms with Gasteiger partial charge in [-0.05, 0) is 70.8 Å². The number of nitrogens with one attached hydrogen (secondary N) is 1. The van der Waals surface area contributed by atoms with E-state index in [4.69, 9.17) is 33.3 Å². The SMILES string of the molecule is O=C(O)CNC(=O)c1ccc(Cn2cc(-c3ccc(Cl)cc3Cl)nc2/C=C/c2ccc(-c3cccc(C(F)(F)F)c3)cc2)cc1. The van der Waals surface area contributed by atoms with Crippen LogP contribution in [0.15, 0.2) is 97.2 Å². The highest BCUT2D eigenvalue weighted by Gasteiger charge is 2.30. The van der Waals surface area contributed by atoms with E-state index in [1.54, 1.807) is 60.7 Å². The highest BCUT2D eigenvalue weighted by Crippen LogP contribution is 2.33. The fourth-order valence-corrected chi connectivity index (χ4v) is 5.07. The van der Waals surface area contributed by atoms with Crippen molar-refractivity contribution in [2.75, 3.05) is 6.54 Å². The summed E-state index contributed by atoms with van der Waals surface area (Å²) in [5.41, 5.74) is 3.70. The fraction of sp³-hybridized carbons (Fsp3) is 0.0882. The van der Waals surface area contributed by atoms with Crippen LogP contribution in [-0.2, 0) is 17.5 Å². The lowest BCUT2D eigenvalue weighted by Crippen LogP contribution is -2.29. The Morgan fingerprint density at radius 3 is 2.29 bits per heavy atom. The van der Waals surface area contributed by atoms with E-state index < -0.39 is 30.2 Å². The smallest absolute Gasteiger partial charge is 0.416 e. The summed E-state index contributed by atoms with van der Waals surface area (Å²) in [6, 6.07) is 24.2. The molecule has 0 aliphatic heterocycles. The third kappa shape index (κ3) is 8.00. The number of hydrogen-bond donors (Lipinski definition) is 2. The maximum absolute atomic E-state index is 13.2. The molecule has 5 aromatic rings. The molecule has 0 fully saturated rings. The maximum Gasteiger partial charge on any atom is 0.416 e. The molecule has 0 saturated carbocycles. The molecule has 45 heavy (non-hydrogen) atoms. The van der Waals surface area contributed by atoms with Gasteiger partial charge in [-0.3, -0.25) is 9.59 Å². The zero-order valence-corrected chi connectivity index (χ0v) is 24.9. The van der Waals surface area contributed by atoms with Crippen LogP contribution in [0.1, 0.15) is 32.9 Å². The molecule has 0 unspecified atom stereocenters. The van der Waals surface area contributed by atoms with Gasteiger partial charge in [0.05, 0.1) is 16.3 Å². The lowest BCUT2D eigenvalue weighted by atomic mass is 10.0. The second kappa shape index (κ2) is 13.4. The summed E-state index contributed by atoms with van der Waals surface area (Å²) in [6.07, 6.45) is 1.09.